The van der Waals surface area contributed by atoms with Crippen LogP contribution in [0.2, 0.25) is 0 Å². The van der Waals surface area contributed by atoms with Crippen LogP contribution in [-0.4, -0.2) is 84.3 Å². The fraction of sp³-hybridized carbons (Fsp3) is 0.621. The minimum atomic E-state index is -4.33. The first-order chi connectivity index (χ1) is 19.3. The normalized spacial score (nSPS) is 26.2. The molecule has 11 heteroatoms. The molecule has 5 heterocycles. The minimum Gasteiger partial charge on any atom is -0.491 e. The van der Waals surface area contributed by atoms with E-state index in [0.717, 1.165) is 61.3 Å². The standard InChI is InChI=1S/C29H37F4N5O2/c1-19-12-23-22(6-8-25-24(23)17-38(35-25)27-4-2-3-10-40-27)28(37(19)18-29(31,32)33)26-7-5-21(14-34-26)39-11-9-36-15-20(13-30)16-36/h5-8,14,19-20,27-28,35H,2-4,9-13,15-18H2,1H3/t19-,27?,28+/m1/s1. The van der Waals surface area contributed by atoms with Crippen LogP contribution in [0.5, 0.6) is 5.75 Å². The van der Waals surface area contributed by atoms with Gasteiger partial charge >= 0.3 is 6.18 Å². The Bertz CT molecular complexity index is 1170. The summed E-state index contributed by atoms with van der Waals surface area (Å²) in [4.78, 5) is 8.27. The number of alkyl halides is 4. The molecule has 0 spiro atoms. The van der Waals surface area contributed by atoms with Gasteiger partial charge in [0.1, 0.15) is 18.6 Å². The second kappa shape index (κ2) is 11.4. The van der Waals surface area contributed by atoms with Gasteiger partial charge in [-0.2, -0.15) is 18.2 Å². The highest BCUT2D eigenvalue weighted by atomic mass is 19.4. The van der Waals surface area contributed by atoms with Crippen LogP contribution >= 0.6 is 0 Å². The van der Waals surface area contributed by atoms with Crippen molar-refractivity contribution in [1.82, 2.24) is 19.8 Å². The average molecular weight is 564 g/mol. The first-order valence-corrected chi connectivity index (χ1v) is 14.3. The number of ether oxygens (including phenoxy) is 2. The Morgan fingerprint density at radius 3 is 2.67 bits per heavy atom. The number of halogens is 4. The third-order valence-electron chi connectivity index (χ3n) is 8.58. The van der Waals surface area contributed by atoms with Crippen molar-refractivity contribution in [3.8, 4) is 5.75 Å². The predicted octanol–water partition coefficient (Wildman–Crippen LogP) is 4.93. The van der Waals surface area contributed by atoms with Crippen LogP contribution < -0.4 is 10.2 Å². The summed E-state index contributed by atoms with van der Waals surface area (Å²) in [6.45, 7) is 4.61. The number of nitrogens with one attached hydrogen (secondary N) is 1. The second-order valence-corrected chi connectivity index (χ2v) is 11.5. The third kappa shape index (κ3) is 5.79. The number of anilines is 1. The summed E-state index contributed by atoms with van der Waals surface area (Å²) >= 11 is 0. The van der Waals surface area contributed by atoms with E-state index >= 15 is 0 Å². The van der Waals surface area contributed by atoms with E-state index in [1.54, 1.807) is 18.3 Å². The molecule has 218 valence electrons. The summed E-state index contributed by atoms with van der Waals surface area (Å²) in [7, 11) is 0. The molecule has 0 amide bonds. The zero-order valence-electron chi connectivity index (χ0n) is 22.8. The van der Waals surface area contributed by atoms with Gasteiger partial charge in [0.25, 0.3) is 0 Å². The topological polar surface area (TPSA) is 53.1 Å². The lowest BCUT2D eigenvalue weighted by Gasteiger charge is -2.42. The number of rotatable bonds is 8. The van der Waals surface area contributed by atoms with Gasteiger partial charge in [0.15, 0.2) is 0 Å². The van der Waals surface area contributed by atoms with Crippen LogP contribution in [0.4, 0.5) is 23.2 Å². The van der Waals surface area contributed by atoms with Crippen LogP contribution in [-0.2, 0) is 17.7 Å². The molecule has 0 radical (unpaired) electrons. The van der Waals surface area contributed by atoms with E-state index in [1.165, 1.54) is 4.90 Å². The molecule has 4 aliphatic heterocycles. The molecule has 6 rings (SSSR count). The van der Waals surface area contributed by atoms with E-state index in [2.05, 4.69) is 20.3 Å². The van der Waals surface area contributed by atoms with Crippen LogP contribution in [0.3, 0.4) is 0 Å². The highest BCUT2D eigenvalue weighted by Crippen LogP contribution is 2.44. The monoisotopic (exact) mass is 563 g/mol. The van der Waals surface area contributed by atoms with E-state index in [-0.39, 0.29) is 24.9 Å². The molecule has 0 bridgehead atoms. The highest BCUT2D eigenvalue weighted by Gasteiger charge is 2.43. The van der Waals surface area contributed by atoms with Crippen molar-refractivity contribution in [2.24, 2.45) is 5.92 Å². The number of likely N-dealkylation sites (tertiary alicyclic amines) is 1. The summed E-state index contributed by atoms with van der Waals surface area (Å²) in [5, 5.41) is 2.12. The first kappa shape index (κ1) is 27.7. The maximum Gasteiger partial charge on any atom is 0.401 e. The van der Waals surface area contributed by atoms with Crippen molar-refractivity contribution < 1.29 is 27.0 Å². The number of pyridine rings is 1. The minimum absolute atomic E-state index is 0.00392. The van der Waals surface area contributed by atoms with Crippen molar-refractivity contribution in [2.45, 2.75) is 63.6 Å². The average Bonchev–Trinajstić information content (AvgIpc) is 3.36. The summed E-state index contributed by atoms with van der Waals surface area (Å²) in [6, 6.07) is 6.54. The lowest BCUT2D eigenvalue weighted by atomic mass is 9.83. The van der Waals surface area contributed by atoms with Gasteiger partial charge in [-0.05, 0) is 67.5 Å². The molecule has 2 fully saturated rings. The van der Waals surface area contributed by atoms with Gasteiger partial charge < -0.3 is 14.9 Å². The van der Waals surface area contributed by atoms with Gasteiger partial charge in [-0.25, -0.2) is 0 Å². The SMILES string of the molecule is C[C@@H]1Cc2c(ccc3c2CN(C2CCCCO2)N3)[C@@H](c2ccc(OCCN3CC(CF)C3)cn2)N1CC(F)(F)F. The molecule has 7 nitrogen and oxygen atoms in total. The number of nitrogens with zero attached hydrogens (tertiary/aromatic N) is 4. The van der Waals surface area contributed by atoms with E-state index in [0.29, 0.717) is 37.6 Å². The molecular weight excluding hydrogens is 526 g/mol. The molecule has 2 saturated heterocycles. The lowest BCUT2D eigenvalue weighted by Crippen LogP contribution is -2.49. The molecular formula is C29H37F4N5O2. The number of aromatic nitrogens is 1. The zero-order chi connectivity index (χ0) is 27.9. The van der Waals surface area contributed by atoms with Gasteiger partial charge in [-0.15, -0.1) is 0 Å². The van der Waals surface area contributed by atoms with Crippen LogP contribution in [0.25, 0.3) is 0 Å². The lowest BCUT2D eigenvalue weighted by molar-refractivity contribution is -0.155. The summed E-state index contributed by atoms with van der Waals surface area (Å²) in [5.41, 5.74) is 8.15. The molecule has 3 atom stereocenters. The maximum absolute atomic E-state index is 13.8. The van der Waals surface area contributed by atoms with Gasteiger partial charge in [0, 0.05) is 44.7 Å². The number of hydrogen-bond donors (Lipinski definition) is 1. The van der Waals surface area contributed by atoms with Gasteiger partial charge in [-0.3, -0.25) is 19.2 Å². The first-order valence-electron chi connectivity index (χ1n) is 14.3. The van der Waals surface area contributed by atoms with E-state index < -0.39 is 18.8 Å². The smallest absolute Gasteiger partial charge is 0.401 e. The Morgan fingerprint density at radius 2 is 1.98 bits per heavy atom. The van der Waals surface area contributed by atoms with Gasteiger partial charge in [0.05, 0.1) is 36.8 Å². The van der Waals surface area contributed by atoms with Crippen molar-refractivity contribution >= 4 is 5.69 Å². The molecule has 1 aromatic carbocycles. The Kier molecular flexibility index (Phi) is 7.91. The maximum atomic E-state index is 13.8. The molecule has 40 heavy (non-hydrogen) atoms. The van der Waals surface area contributed by atoms with Crippen LogP contribution in [0.15, 0.2) is 30.5 Å². The van der Waals surface area contributed by atoms with Crippen LogP contribution in [0, 0.1) is 5.92 Å². The third-order valence-corrected chi connectivity index (χ3v) is 8.58. The zero-order valence-corrected chi connectivity index (χ0v) is 22.8. The molecule has 2 aromatic rings. The van der Waals surface area contributed by atoms with E-state index in [9.17, 15) is 17.6 Å². The summed E-state index contributed by atoms with van der Waals surface area (Å²) in [6.07, 6.45) is 0.929. The molecule has 1 unspecified atom stereocenters. The molecule has 0 aliphatic carbocycles. The summed E-state index contributed by atoms with van der Waals surface area (Å²) in [5.74, 6) is 0.695. The Hall–Kier alpha value is -2.47. The quantitative estimate of drug-likeness (QED) is 0.458. The Labute approximate surface area is 232 Å². The predicted molar refractivity (Wildman–Crippen MR) is 143 cm³/mol. The Morgan fingerprint density at radius 1 is 1.12 bits per heavy atom. The van der Waals surface area contributed by atoms with Crippen molar-refractivity contribution in [3.63, 3.8) is 0 Å². The molecule has 4 aliphatic rings. The number of hydrogen-bond acceptors (Lipinski definition) is 7. The molecule has 1 aromatic heterocycles. The molecule has 1 N–H and O–H groups in total. The van der Waals surface area contributed by atoms with Crippen LogP contribution in [0.1, 0.15) is 54.6 Å². The number of benzene rings is 1. The van der Waals surface area contributed by atoms with Crippen molar-refractivity contribution in [2.75, 3.05) is 51.5 Å². The van der Waals surface area contributed by atoms with Gasteiger partial charge in [0.2, 0.25) is 0 Å². The fourth-order valence-corrected chi connectivity index (χ4v) is 6.52. The largest absolute Gasteiger partial charge is 0.491 e. The molecule has 0 saturated carbocycles. The van der Waals surface area contributed by atoms with E-state index in [1.807, 2.05) is 19.1 Å². The Balaban J connectivity index is 1.23. The van der Waals surface area contributed by atoms with Crippen molar-refractivity contribution in [3.05, 3.63) is 52.8 Å². The number of hydrazine groups is 1. The van der Waals surface area contributed by atoms with Crippen molar-refractivity contribution in [1.29, 1.82) is 0 Å². The second-order valence-electron chi connectivity index (χ2n) is 11.5. The summed E-state index contributed by atoms with van der Waals surface area (Å²) < 4.78 is 65.8. The highest BCUT2D eigenvalue weighted by molar-refractivity contribution is 5.61. The number of fused-ring (bicyclic) bond motifs is 3. The fourth-order valence-electron chi connectivity index (χ4n) is 6.52. The van der Waals surface area contributed by atoms with Gasteiger partial charge in [-0.1, -0.05) is 6.07 Å². The van der Waals surface area contributed by atoms with E-state index in [4.69, 9.17) is 9.47 Å².